The standard InChI is InChI=1S/C40H35N/c1-28-26-33(22-24-35(28)31-14-8-5-9-15-31)41(32-20-18-30(19-21-32)29-12-6-4-7-13-29)34-23-25-37-36-16-10-11-17-38(36)40(2,3)39(37)27-34/h4-25,27-28H,26H2,1-3H3. The normalized spacial score (nSPS) is 16.8. The molecule has 0 radical (unpaired) electrons. The lowest BCUT2D eigenvalue weighted by Gasteiger charge is -2.33. The second-order valence-corrected chi connectivity index (χ2v) is 11.9. The van der Waals surface area contributed by atoms with Crippen LogP contribution in [-0.4, -0.2) is 0 Å². The first kappa shape index (κ1) is 25.4. The molecule has 0 amide bonds. The molecule has 0 bridgehead atoms. The maximum Gasteiger partial charge on any atom is 0.0461 e. The predicted octanol–water partition coefficient (Wildman–Crippen LogP) is 10.8. The van der Waals surface area contributed by atoms with Gasteiger partial charge < -0.3 is 4.90 Å². The first-order valence-electron chi connectivity index (χ1n) is 14.7. The molecule has 1 atom stereocenters. The highest BCUT2D eigenvalue weighted by atomic mass is 15.1. The van der Waals surface area contributed by atoms with E-state index in [0.29, 0.717) is 5.92 Å². The number of benzene rings is 5. The summed E-state index contributed by atoms with van der Waals surface area (Å²) >= 11 is 0. The van der Waals surface area contributed by atoms with Crippen molar-refractivity contribution in [2.45, 2.75) is 32.6 Å². The molecule has 0 aliphatic heterocycles. The van der Waals surface area contributed by atoms with Gasteiger partial charge in [-0.15, -0.1) is 0 Å². The molecule has 2 aliphatic rings. The number of anilines is 2. The highest BCUT2D eigenvalue weighted by Crippen LogP contribution is 2.50. The van der Waals surface area contributed by atoms with Crippen molar-refractivity contribution < 1.29 is 0 Å². The van der Waals surface area contributed by atoms with Crippen molar-refractivity contribution in [3.8, 4) is 22.3 Å². The number of hydrogen-bond donors (Lipinski definition) is 0. The van der Waals surface area contributed by atoms with Gasteiger partial charge in [0.25, 0.3) is 0 Å². The summed E-state index contributed by atoms with van der Waals surface area (Å²) in [6, 6.07) is 46.4. The van der Waals surface area contributed by atoms with Crippen LogP contribution in [0.1, 0.15) is 43.9 Å². The van der Waals surface area contributed by atoms with Gasteiger partial charge in [0.1, 0.15) is 0 Å². The van der Waals surface area contributed by atoms with E-state index in [4.69, 9.17) is 0 Å². The summed E-state index contributed by atoms with van der Waals surface area (Å²) in [6.07, 6.45) is 5.64. The topological polar surface area (TPSA) is 3.24 Å². The molecule has 0 aromatic heterocycles. The molecule has 0 spiro atoms. The van der Waals surface area contributed by atoms with Crippen LogP contribution >= 0.6 is 0 Å². The van der Waals surface area contributed by atoms with Gasteiger partial charge in [-0.3, -0.25) is 0 Å². The third kappa shape index (κ3) is 4.43. The van der Waals surface area contributed by atoms with Crippen molar-refractivity contribution in [1.29, 1.82) is 0 Å². The van der Waals surface area contributed by atoms with Gasteiger partial charge in [-0.2, -0.15) is 0 Å². The predicted molar refractivity (Wildman–Crippen MR) is 174 cm³/mol. The van der Waals surface area contributed by atoms with Gasteiger partial charge in [-0.1, -0.05) is 130 Å². The Hall–Kier alpha value is -4.62. The van der Waals surface area contributed by atoms with E-state index in [-0.39, 0.29) is 5.41 Å². The third-order valence-corrected chi connectivity index (χ3v) is 8.95. The first-order chi connectivity index (χ1) is 20.0. The Kier molecular flexibility index (Phi) is 6.24. The fourth-order valence-corrected chi connectivity index (χ4v) is 6.76. The van der Waals surface area contributed by atoms with Crippen LogP contribution in [-0.2, 0) is 5.41 Å². The van der Waals surface area contributed by atoms with Crippen molar-refractivity contribution in [3.05, 3.63) is 162 Å². The van der Waals surface area contributed by atoms with E-state index in [2.05, 4.69) is 165 Å². The fourth-order valence-electron chi connectivity index (χ4n) is 6.76. The van der Waals surface area contributed by atoms with Gasteiger partial charge in [0.05, 0.1) is 0 Å². The van der Waals surface area contributed by atoms with Crippen molar-refractivity contribution in [2.75, 3.05) is 4.90 Å². The third-order valence-electron chi connectivity index (χ3n) is 8.95. The van der Waals surface area contributed by atoms with Crippen molar-refractivity contribution in [3.63, 3.8) is 0 Å². The van der Waals surface area contributed by atoms with Crippen LogP contribution in [0.4, 0.5) is 11.4 Å². The largest absolute Gasteiger partial charge is 0.314 e. The van der Waals surface area contributed by atoms with E-state index in [1.165, 1.54) is 61.6 Å². The Morgan fingerprint density at radius 1 is 0.561 bits per heavy atom. The molecule has 1 unspecified atom stereocenters. The smallest absolute Gasteiger partial charge is 0.0461 e. The lowest BCUT2D eigenvalue weighted by atomic mass is 9.82. The maximum atomic E-state index is 2.48. The minimum Gasteiger partial charge on any atom is -0.314 e. The van der Waals surface area contributed by atoms with Crippen LogP contribution in [0.25, 0.3) is 27.8 Å². The molecule has 0 heterocycles. The molecule has 0 saturated heterocycles. The summed E-state index contributed by atoms with van der Waals surface area (Å²) in [5, 5.41) is 0. The Morgan fingerprint density at radius 2 is 1.15 bits per heavy atom. The van der Waals surface area contributed by atoms with Gasteiger partial charge >= 0.3 is 0 Å². The Morgan fingerprint density at radius 3 is 1.85 bits per heavy atom. The zero-order valence-electron chi connectivity index (χ0n) is 24.0. The summed E-state index contributed by atoms with van der Waals surface area (Å²) in [7, 11) is 0. The van der Waals surface area contributed by atoms with Crippen LogP contribution in [0.3, 0.4) is 0 Å². The van der Waals surface area contributed by atoms with Crippen LogP contribution < -0.4 is 4.90 Å². The average molecular weight is 530 g/mol. The molecule has 200 valence electrons. The molecule has 2 aliphatic carbocycles. The van der Waals surface area contributed by atoms with Gasteiger partial charge in [-0.25, -0.2) is 0 Å². The zero-order chi connectivity index (χ0) is 28.0. The number of hydrogen-bond acceptors (Lipinski definition) is 1. The van der Waals surface area contributed by atoms with Gasteiger partial charge in [0.15, 0.2) is 0 Å². The molecule has 1 heteroatoms. The van der Waals surface area contributed by atoms with Crippen LogP contribution in [0.2, 0.25) is 0 Å². The molecular formula is C40H35N. The summed E-state index contributed by atoms with van der Waals surface area (Å²) < 4.78 is 0. The molecule has 0 N–H and O–H groups in total. The number of nitrogens with zero attached hydrogens (tertiary/aromatic N) is 1. The van der Waals surface area contributed by atoms with E-state index in [9.17, 15) is 0 Å². The summed E-state index contributed by atoms with van der Waals surface area (Å²) in [5.41, 5.74) is 14.4. The van der Waals surface area contributed by atoms with Gasteiger partial charge in [0, 0.05) is 22.5 Å². The van der Waals surface area contributed by atoms with E-state index >= 15 is 0 Å². The zero-order valence-corrected chi connectivity index (χ0v) is 24.0. The molecular weight excluding hydrogens is 494 g/mol. The molecule has 1 nitrogen and oxygen atoms in total. The number of allylic oxidation sites excluding steroid dienone is 4. The van der Waals surface area contributed by atoms with Crippen LogP contribution in [0.5, 0.6) is 0 Å². The van der Waals surface area contributed by atoms with Crippen molar-refractivity contribution >= 4 is 16.9 Å². The van der Waals surface area contributed by atoms with Crippen molar-refractivity contribution in [2.24, 2.45) is 5.92 Å². The minimum absolute atomic E-state index is 0.0423. The first-order valence-corrected chi connectivity index (χ1v) is 14.7. The van der Waals surface area contributed by atoms with Crippen molar-refractivity contribution in [1.82, 2.24) is 0 Å². The Labute approximate surface area is 244 Å². The lowest BCUT2D eigenvalue weighted by molar-refractivity contribution is 0.660. The van der Waals surface area contributed by atoms with E-state index in [1.807, 2.05) is 0 Å². The van der Waals surface area contributed by atoms with E-state index < -0.39 is 0 Å². The Bertz CT molecular complexity index is 1770. The number of rotatable bonds is 5. The Balaban J connectivity index is 1.34. The second-order valence-electron chi connectivity index (χ2n) is 11.9. The molecule has 41 heavy (non-hydrogen) atoms. The van der Waals surface area contributed by atoms with Gasteiger partial charge in [-0.05, 0) is 87.2 Å². The summed E-state index contributed by atoms with van der Waals surface area (Å²) in [6.45, 7) is 7.07. The molecule has 0 saturated carbocycles. The highest BCUT2D eigenvalue weighted by molar-refractivity contribution is 5.84. The van der Waals surface area contributed by atoms with Gasteiger partial charge in [0.2, 0.25) is 0 Å². The quantitative estimate of drug-likeness (QED) is 0.219. The lowest BCUT2D eigenvalue weighted by Crippen LogP contribution is -2.21. The molecule has 0 fully saturated rings. The van der Waals surface area contributed by atoms with Crippen LogP contribution in [0, 0.1) is 5.92 Å². The second kappa shape index (κ2) is 10.1. The highest BCUT2D eigenvalue weighted by Gasteiger charge is 2.36. The van der Waals surface area contributed by atoms with Crippen LogP contribution in [0.15, 0.2) is 145 Å². The SMILES string of the molecule is CC1CC(N(c2ccc(-c3ccccc3)cc2)c2ccc3c(c2)C(C)(C)c2ccccc2-3)=CC=C1c1ccccc1. The van der Waals surface area contributed by atoms with E-state index in [0.717, 1.165) is 6.42 Å². The van der Waals surface area contributed by atoms with E-state index in [1.54, 1.807) is 0 Å². The molecule has 5 aromatic rings. The number of fused-ring (bicyclic) bond motifs is 3. The maximum absolute atomic E-state index is 2.48. The molecule has 5 aromatic carbocycles. The average Bonchev–Trinajstić information content (AvgIpc) is 3.25. The fraction of sp³-hybridized carbons (Fsp3) is 0.150. The summed E-state index contributed by atoms with van der Waals surface area (Å²) in [4.78, 5) is 2.48. The minimum atomic E-state index is -0.0423. The monoisotopic (exact) mass is 529 g/mol. The summed E-state index contributed by atoms with van der Waals surface area (Å²) in [5.74, 6) is 0.415. The molecule has 7 rings (SSSR count).